The molecule has 4 aromatic rings. The standard InChI is InChI=1S/C33H31F4NO5/c1-20-24(8-5-10-29(39)40)25-9-4-6-22(33(25)38(20)19-30(41)42)14-11-21-12-15-23(16-13-21)43-17-3-2-7-26-27(34)18-28(35)32(37)31(26)36/h4,6,9,11-16,18H,2-3,5,7-8,10,17,19H2,1H3,(H,39,40)(H,41,42). The molecule has 10 heteroatoms. The summed E-state index contributed by atoms with van der Waals surface area (Å²) in [6, 6.07) is 13.3. The monoisotopic (exact) mass is 597 g/mol. The molecule has 3 aromatic carbocycles. The van der Waals surface area contributed by atoms with Crippen molar-refractivity contribution in [2.45, 2.75) is 52.0 Å². The molecule has 0 aliphatic rings. The summed E-state index contributed by atoms with van der Waals surface area (Å²) in [5.41, 5.74) is 3.71. The second kappa shape index (κ2) is 14.0. The van der Waals surface area contributed by atoms with E-state index in [9.17, 15) is 32.3 Å². The van der Waals surface area contributed by atoms with Crippen LogP contribution < -0.4 is 4.74 Å². The van der Waals surface area contributed by atoms with Crippen molar-refractivity contribution in [2.75, 3.05) is 6.61 Å². The molecule has 226 valence electrons. The van der Waals surface area contributed by atoms with Gasteiger partial charge in [0.05, 0.1) is 12.1 Å². The van der Waals surface area contributed by atoms with Crippen LogP contribution in [0.5, 0.6) is 5.75 Å². The number of benzene rings is 3. The lowest BCUT2D eigenvalue weighted by Crippen LogP contribution is -2.10. The number of aliphatic carboxylic acids is 2. The van der Waals surface area contributed by atoms with Gasteiger partial charge in [-0.2, -0.15) is 0 Å². The molecule has 0 aliphatic heterocycles. The maximum Gasteiger partial charge on any atom is 0.323 e. The van der Waals surface area contributed by atoms with Gasteiger partial charge in [-0.25, -0.2) is 17.6 Å². The lowest BCUT2D eigenvalue weighted by molar-refractivity contribution is -0.138. The fraction of sp³-hybridized carbons (Fsp3) is 0.273. The number of aromatic nitrogens is 1. The SMILES string of the molecule is Cc1c(CCCC(=O)O)c2cccc(C=Cc3ccc(OCCCCc4c(F)cc(F)c(F)c4F)cc3)c2n1CC(=O)O. The smallest absolute Gasteiger partial charge is 0.323 e. The fourth-order valence-corrected chi connectivity index (χ4v) is 5.12. The van der Waals surface area contributed by atoms with Crippen molar-refractivity contribution in [1.29, 1.82) is 0 Å². The number of nitrogens with zero attached hydrogens (tertiary/aromatic N) is 1. The summed E-state index contributed by atoms with van der Waals surface area (Å²) in [6.45, 7) is 1.89. The number of carbonyl (C=O) groups is 2. The number of halogens is 4. The summed E-state index contributed by atoms with van der Waals surface area (Å²) in [7, 11) is 0. The number of carboxylic acid groups (broad SMARTS) is 2. The highest BCUT2D eigenvalue weighted by atomic mass is 19.2. The number of rotatable bonds is 14. The highest BCUT2D eigenvalue weighted by Gasteiger charge is 2.19. The van der Waals surface area contributed by atoms with Gasteiger partial charge in [0.2, 0.25) is 0 Å². The van der Waals surface area contributed by atoms with Gasteiger partial charge in [-0.1, -0.05) is 42.5 Å². The summed E-state index contributed by atoms with van der Waals surface area (Å²) < 4.78 is 61.5. The lowest BCUT2D eigenvalue weighted by Gasteiger charge is -2.09. The summed E-state index contributed by atoms with van der Waals surface area (Å²) >= 11 is 0. The van der Waals surface area contributed by atoms with Crippen LogP contribution in [0.2, 0.25) is 0 Å². The van der Waals surface area contributed by atoms with Crippen molar-refractivity contribution in [2.24, 2.45) is 0 Å². The molecule has 0 aliphatic carbocycles. The number of hydrogen-bond donors (Lipinski definition) is 2. The predicted octanol–water partition coefficient (Wildman–Crippen LogP) is 7.57. The molecule has 0 fully saturated rings. The number of ether oxygens (including phenoxy) is 1. The topological polar surface area (TPSA) is 88.8 Å². The van der Waals surface area contributed by atoms with Crippen LogP contribution in [0.1, 0.15) is 53.6 Å². The molecular formula is C33H31F4NO5. The van der Waals surface area contributed by atoms with Crippen LogP contribution in [-0.4, -0.2) is 33.3 Å². The van der Waals surface area contributed by atoms with E-state index >= 15 is 0 Å². The zero-order valence-corrected chi connectivity index (χ0v) is 23.5. The van der Waals surface area contributed by atoms with E-state index in [4.69, 9.17) is 9.84 Å². The molecule has 0 spiro atoms. The third kappa shape index (κ3) is 7.63. The third-order valence-electron chi connectivity index (χ3n) is 7.25. The minimum absolute atomic E-state index is 0.0293. The van der Waals surface area contributed by atoms with Crippen molar-refractivity contribution in [3.8, 4) is 5.75 Å². The maximum atomic E-state index is 13.8. The van der Waals surface area contributed by atoms with Gasteiger partial charge in [-0.05, 0) is 67.9 Å². The molecule has 1 heterocycles. The number of unbranched alkanes of at least 4 members (excludes halogenated alkanes) is 1. The van der Waals surface area contributed by atoms with Crippen LogP contribution in [0.4, 0.5) is 17.6 Å². The number of hydrogen-bond acceptors (Lipinski definition) is 3. The number of carboxylic acids is 2. The van der Waals surface area contributed by atoms with E-state index in [-0.39, 0.29) is 26.0 Å². The summed E-state index contributed by atoms with van der Waals surface area (Å²) in [4.78, 5) is 22.6. The van der Waals surface area contributed by atoms with Crippen LogP contribution in [0.25, 0.3) is 23.1 Å². The third-order valence-corrected chi connectivity index (χ3v) is 7.25. The Labute approximate surface area is 245 Å². The number of fused-ring (bicyclic) bond motifs is 1. The van der Waals surface area contributed by atoms with E-state index in [1.54, 1.807) is 16.7 Å². The molecule has 1 aromatic heterocycles. The fourth-order valence-electron chi connectivity index (χ4n) is 5.12. The highest BCUT2D eigenvalue weighted by molar-refractivity contribution is 5.95. The van der Waals surface area contributed by atoms with Crippen molar-refractivity contribution in [1.82, 2.24) is 4.57 Å². The largest absolute Gasteiger partial charge is 0.494 e. The first-order chi connectivity index (χ1) is 20.6. The molecule has 2 N–H and O–H groups in total. The van der Waals surface area contributed by atoms with Gasteiger partial charge in [-0.15, -0.1) is 0 Å². The molecule has 0 saturated heterocycles. The van der Waals surface area contributed by atoms with Gasteiger partial charge in [0.25, 0.3) is 0 Å². The number of para-hydroxylation sites is 1. The van der Waals surface area contributed by atoms with Crippen LogP contribution in [-0.2, 0) is 29.0 Å². The Kier molecular flexibility index (Phi) is 10.2. The van der Waals surface area contributed by atoms with E-state index in [0.29, 0.717) is 37.5 Å². The second-order valence-electron chi connectivity index (χ2n) is 10.2. The molecule has 4 rings (SSSR count). The Morgan fingerprint density at radius 3 is 2.26 bits per heavy atom. The average molecular weight is 598 g/mol. The van der Waals surface area contributed by atoms with Crippen LogP contribution in [0.15, 0.2) is 48.5 Å². The summed E-state index contributed by atoms with van der Waals surface area (Å²) in [6.07, 6.45) is 5.45. The Hall–Kier alpha value is -4.60. The summed E-state index contributed by atoms with van der Waals surface area (Å²) in [5, 5.41) is 19.5. The molecular weight excluding hydrogens is 566 g/mol. The molecule has 0 unspecified atom stereocenters. The van der Waals surface area contributed by atoms with Gasteiger partial charge in [0.1, 0.15) is 18.1 Å². The molecule has 0 amide bonds. The van der Waals surface area contributed by atoms with Gasteiger partial charge < -0.3 is 19.5 Å². The molecule has 6 nitrogen and oxygen atoms in total. The Balaban J connectivity index is 1.41. The predicted molar refractivity (Wildman–Crippen MR) is 155 cm³/mol. The highest BCUT2D eigenvalue weighted by Crippen LogP contribution is 2.31. The minimum Gasteiger partial charge on any atom is -0.494 e. The van der Waals surface area contributed by atoms with E-state index in [1.165, 1.54) is 0 Å². The molecule has 43 heavy (non-hydrogen) atoms. The molecule has 0 atom stereocenters. The first kappa shape index (κ1) is 31.3. The van der Waals surface area contributed by atoms with Crippen LogP contribution in [0.3, 0.4) is 0 Å². The van der Waals surface area contributed by atoms with Crippen molar-refractivity contribution >= 4 is 35.0 Å². The van der Waals surface area contributed by atoms with E-state index < -0.39 is 40.8 Å². The van der Waals surface area contributed by atoms with Crippen molar-refractivity contribution in [3.63, 3.8) is 0 Å². The van der Waals surface area contributed by atoms with Gasteiger partial charge in [0.15, 0.2) is 17.5 Å². The average Bonchev–Trinajstić information content (AvgIpc) is 3.23. The normalized spacial score (nSPS) is 11.5. The number of aryl methyl sites for hydroxylation is 1. The zero-order chi connectivity index (χ0) is 31.1. The van der Waals surface area contributed by atoms with Crippen molar-refractivity contribution < 1.29 is 42.1 Å². The lowest BCUT2D eigenvalue weighted by atomic mass is 10.0. The van der Waals surface area contributed by atoms with Gasteiger partial charge in [0, 0.05) is 29.1 Å². The molecule has 0 saturated carbocycles. The Morgan fingerprint density at radius 1 is 0.837 bits per heavy atom. The zero-order valence-electron chi connectivity index (χ0n) is 23.5. The first-order valence-corrected chi connectivity index (χ1v) is 13.8. The van der Waals surface area contributed by atoms with Crippen molar-refractivity contribution in [3.05, 3.63) is 99.7 Å². The van der Waals surface area contributed by atoms with Crippen LogP contribution >= 0.6 is 0 Å². The molecule has 0 radical (unpaired) electrons. The van der Waals surface area contributed by atoms with Gasteiger partial charge >= 0.3 is 11.9 Å². The first-order valence-electron chi connectivity index (χ1n) is 13.8. The van der Waals surface area contributed by atoms with E-state index in [1.807, 2.05) is 49.4 Å². The second-order valence-corrected chi connectivity index (χ2v) is 10.2. The Bertz CT molecular complexity index is 1660. The quantitative estimate of drug-likeness (QED) is 0.0515. The van der Waals surface area contributed by atoms with E-state index in [0.717, 1.165) is 33.3 Å². The maximum absolute atomic E-state index is 13.8. The summed E-state index contributed by atoms with van der Waals surface area (Å²) in [5.74, 6) is -7.12. The Morgan fingerprint density at radius 2 is 1.56 bits per heavy atom. The minimum atomic E-state index is -1.68. The van der Waals surface area contributed by atoms with Crippen LogP contribution in [0, 0.1) is 30.2 Å². The molecule has 0 bridgehead atoms. The van der Waals surface area contributed by atoms with Gasteiger partial charge in [-0.3, -0.25) is 9.59 Å². The van der Waals surface area contributed by atoms with E-state index in [2.05, 4.69) is 0 Å².